The number of carboxylic acid groups (broad SMARTS) is 1. The molecule has 1 saturated heterocycles. The van der Waals surface area contributed by atoms with Crippen LogP contribution in [0, 0.1) is 21.4 Å². The summed E-state index contributed by atoms with van der Waals surface area (Å²) in [7, 11) is -3.88. The van der Waals surface area contributed by atoms with Crippen molar-refractivity contribution in [1.29, 1.82) is 0 Å². The highest BCUT2D eigenvalue weighted by Crippen LogP contribution is 2.50. The van der Waals surface area contributed by atoms with Gasteiger partial charge >= 0.3 is 11.0 Å². The van der Waals surface area contributed by atoms with E-state index < -0.39 is 26.3 Å². The number of thiophene rings is 1. The molecule has 0 amide bonds. The Morgan fingerprint density at radius 2 is 2.23 bits per heavy atom. The number of fused-ring (bicyclic) bond motifs is 1. The summed E-state index contributed by atoms with van der Waals surface area (Å²) in [6.07, 6.45) is 1.96. The molecule has 0 unspecified atom stereocenters. The van der Waals surface area contributed by atoms with Crippen molar-refractivity contribution in [3.05, 3.63) is 22.2 Å². The highest BCUT2D eigenvalue weighted by Gasteiger charge is 2.57. The number of aliphatic carboxylic acids is 1. The molecule has 120 valence electrons. The monoisotopic (exact) mass is 346 g/mol. The molecule has 1 N–H and O–H groups in total. The van der Waals surface area contributed by atoms with Crippen molar-refractivity contribution < 1.29 is 23.2 Å². The molecule has 0 spiro atoms. The largest absolute Gasteiger partial charge is 0.481 e. The van der Waals surface area contributed by atoms with Gasteiger partial charge in [-0.3, -0.25) is 14.9 Å². The summed E-state index contributed by atoms with van der Waals surface area (Å²) < 4.78 is 26.2. The molecule has 0 aromatic carbocycles. The Morgan fingerprint density at radius 1 is 1.50 bits per heavy atom. The third-order valence-electron chi connectivity index (χ3n) is 4.61. The molecule has 22 heavy (non-hydrogen) atoms. The highest BCUT2D eigenvalue weighted by atomic mass is 32.2. The maximum Gasteiger partial charge on any atom is 0.325 e. The zero-order chi connectivity index (χ0) is 16.1. The minimum Gasteiger partial charge on any atom is -0.481 e. The van der Waals surface area contributed by atoms with Gasteiger partial charge in [0.1, 0.15) is 4.21 Å². The van der Waals surface area contributed by atoms with Crippen molar-refractivity contribution in [2.45, 2.75) is 23.5 Å². The summed E-state index contributed by atoms with van der Waals surface area (Å²) in [5.74, 6) is -1.14. The van der Waals surface area contributed by atoms with Crippen LogP contribution in [0.15, 0.2) is 16.3 Å². The molecular formula is C12H14N2O6S2. The summed E-state index contributed by atoms with van der Waals surface area (Å²) in [6, 6.07) is 2.36. The molecule has 1 saturated carbocycles. The normalized spacial score (nSPS) is 28.6. The smallest absolute Gasteiger partial charge is 0.325 e. The number of sulfonamides is 1. The predicted molar refractivity (Wildman–Crippen MR) is 77.1 cm³/mol. The van der Waals surface area contributed by atoms with Crippen molar-refractivity contribution in [2.24, 2.45) is 11.3 Å². The Kier molecular flexibility index (Phi) is 3.49. The molecule has 1 aromatic heterocycles. The summed E-state index contributed by atoms with van der Waals surface area (Å²) in [6.45, 7) is 0.112. The highest BCUT2D eigenvalue weighted by molar-refractivity contribution is 7.91. The molecule has 8 nitrogen and oxygen atoms in total. The molecule has 1 aliphatic carbocycles. The van der Waals surface area contributed by atoms with Crippen molar-refractivity contribution in [3.8, 4) is 0 Å². The maximum atomic E-state index is 12.6. The van der Waals surface area contributed by atoms with Gasteiger partial charge in [0.25, 0.3) is 10.0 Å². The van der Waals surface area contributed by atoms with Crippen molar-refractivity contribution >= 4 is 32.3 Å². The van der Waals surface area contributed by atoms with E-state index in [0.29, 0.717) is 24.2 Å². The molecule has 10 heteroatoms. The molecule has 2 aliphatic rings. The van der Waals surface area contributed by atoms with Gasteiger partial charge in [-0.1, -0.05) is 6.42 Å². The van der Waals surface area contributed by atoms with Crippen LogP contribution in [-0.4, -0.2) is 41.8 Å². The van der Waals surface area contributed by atoms with Gasteiger partial charge < -0.3 is 5.11 Å². The number of hydrogen-bond acceptors (Lipinski definition) is 6. The van der Waals surface area contributed by atoms with Gasteiger partial charge in [0.05, 0.1) is 10.3 Å². The number of carboxylic acids is 1. The fraction of sp³-hybridized carbons (Fsp3) is 0.583. The fourth-order valence-corrected chi connectivity index (χ4v) is 6.27. The fourth-order valence-electron chi connectivity index (χ4n) is 3.45. The van der Waals surface area contributed by atoms with Gasteiger partial charge in [-0.05, 0) is 36.2 Å². The lowest BCUT2D eigenvalue weighted by Gasteiger charge is -2.23. The molecule has 2 fully saturated rings. The Bertz CT molecular complexity index is 743. The van der Waals surface area contributed by atoms with Crippen LogP contribution in [0.4, 0.5) is 5.00 Å². The standard InChI is InChI=1S/C12H14N2O6S2/c15-11(16)12-5-1-2-8(12)6-13(7-12)22(19,20)10-4-3-9(21-10)14(17)18/h3-4,8H,1-2,5-7H2,(H,15,16)/t8-,12+/m0/s1. The quantitative estimate of drug-likeness (QED) is 0.652. The topological polar surface area (TPSA) is 118 Å². The lowest BCUT2D eigenvalue weighted by Crippen LogP contribution is -2.37. The number of nitro groups is 1. The van der Waals surface area contributed by atoms with Crippen LogP contribution < -0.4 is 0 Å². The first-order valence-corrected chi connectivity index (χ1v) is 9.01. The molecule has 3 rings (SSSR count). The predicted octanol–water partition coefficient (Wildman–Crippen LogP) is 1.53. The van der Waals surface area contributed by atoms with Crippen LogP contribution in [-0.2, 0) is 14.8 Å². The third-order valence-corrected chi connectivity index (χ3v) is 7.92. The van der Waals surface area contributed by atoms with Gasteiger partial charge in [-0.2, -0.15) is 4.31 Å². The lowest BCUT2D eigenvalue weighted by atomic mass is 9.81. The van der Waals surface area contributed by atoms with Gasteiger partial charge in [0.2, 0.25) is 0 Å². The van der Waals surface area contributed by atoms with Gasteiger partial charge in [0, 0.05) is 19.2 Å². The number of rotatable bonds is 4. The number of carbonyl (C=O) groups is 1. The lowest BCUT2D eigenvalue weighted by molar-refractivity contribution is -0.380. The first-order chi connectivity index (χ1) is 10.3. The van der Waals surface area contributed by atoms with E-state index in [0.717, 1.165) is 12.5 Å². The number of hydrogen-bond donors (Lipinski definition) is 1. The molecule has 2 atom stereocenters. The van der Waals surface area contributed by atoms with E-state index >= 15 is 0 Å². The summed E-state index contributed by atoms with van der Waals surface area (Å²) in [5.41, 5.74) is -1.00. The van der Waals surface area contributed by atoms with Crippen LogP contribution in [0.2, 0.25) is 0 Å². The van der Waals surface area contributed by atoms with Crippen LogP contribution in [0.5, 0.6) is 0 Å². The minimum absolute atomic E-state index is 0.0545. The molecule has 1 aromatic rings. The Morgan fingerprint density at radius 3 is 2.77 bits per heavy atom. The van der Waals surface area contributed by atoms with Crippen molar-refractivity contribution in [1.82, 2.24) is 4.31 Å². The SMILES string of the molecule is O=C(O)[C@@]12CCC[C@H]1CN(S(=O)(=O)c1ccc([N+](=O)[O-])s1)C2. The first kappa shape index (κ1) is 15.4. The van der Waals surface area contributed by atoms with Crippen LogP contribution >= 0.6 is 11.3 Å². The second kappa shape index (κ2) is 5.00. The van der Waals surface area contributed by atoms with Crippen molar-refractivity contribution in [3.63, 3.8) is 0 Å². The molecule has 2 heterocycles. The van der Waals surface area contributed by atoms with E-state index in [1.165, 1.54) is 10.4 Å². The van der Waals surface area contributed by atoms with E-state index in [2.05, 4.69) is 0 Å². The Labute approximate surface area is 130 Å². The molecule has 0 radical (unpaired) electrons. The summed E-state index contributed by atoms with van der Waals surface area (Å²) in [4.78, 5) is 21.7. The summed E-state index contributed by atoms with van der Waals surface area (Å²) >= 11 is 0.594. The molecule has 1 aliphatic heterocycles. The molecule has 0 bridgehead atoms. The summed E-state index contributed by atoms with van der Waals surface area (Å²) in [5, 5.41) is 19.9. The van der Waals surface area contributed by atoms with E-state index in [4.69, 9.17) is 0 Å². The van der Waals surface area contributed by atoms with Crippen LogP contribution in [0.3, 0.4) is 0 Å². The van der Waals surface area contributed by atoms with E-state index in [1.807, 2.05) is 0 Å². The zero-order valence-electron chi connectivity index (χ0n) is 11.5. The number of nitrogens with zero attached hydrogens (tertiary/aromatic N) is 2. The van der Waals surface area contributed by atoms with Crippen LogP contribution in [0.1, 0.15) is 19.3 Å². The first-order valence-electron chi connectivity index (χ1n) is 6.75. The maximum absolute atomic E-state index is 12.6. The van der Waals surface area contributed by atoms with E-state index in [9.17, 15) is 28.4 Å². The second-order valence-electron chi connectivity index (χ2n) is 5.70. The van der Waals surface area contributed by atoms with Crippen LogP contribution in [0.25, 0.3) is 0 Å². The van der Waals surface area contributed by atoms with Gasteiger partial charge in [0.15, 0.2) is 0 Å². The van der Waals surface area contributed by atoms with E-state index in [1.54, 1.807) is 0 Å². The average Bonchev–Trinajstić information content (AvgIpc) is 3.12. The van der Waals surface area contributed by atoms with Gasteiger partial charge in [-0.25, -0.2) is 8.42 Å². The third kappa shape index (κ3) is 2.13. The Balaban J connectivity index is 1.91. The zero-order valence-corrected chi connectivity index (χ0v) is 13.1. The molecular weight excluding hydrogens is 332 g/mol. The van der Waals surface area contributed by atoms with E-state index in [-0.39, 0.29) is 28.2 Å². The van der Waals surface area contributed by atoms with Gasteiger partial charge in [-0.15, -0.1) is 0 Å². The minimum atomic E-state index is -3.88. The van der Waals surface area contributed by atoms with Crippen molar-refractivity contribution in [2.75, 3.05) is 13.1 Å². The second-order valence-corrected chi connectivity index (χ2v) is 8.92. The Hall–Kier alpha value is -1.52. The average molecular weight is 346 g/mol.